The summed E-state index contributed by atoms with van der Waals surface area (Å²) in [5.41, 5.74) is 2.56. The van der Waals surface area contributed by atoms with Gasteiger partial charge in [-0.2, -0.15) is 0 Å². The Hall–Kier alpha value is -3.12. The SMILES string of the molecule is Cc1cccc(C)c1OCC(=O)Oc1ccc(NC(=O)c2cccs2)cc1. The van der Waals surface area contributed by atoms with Crippen LogP contribution in [0.1, 0.15) is 20.8 Å². The predicted octanol–water partition coefficient (Wildman–Crippen LogP) is 4.60. The third-order valence-corrected chi connectivity index (χ3v) is 4.70. The molecule has 1 N–H and O–H groups in total. The molecule has 1 aromatic heterocycles. The summed E-state index contributed by atoms with van der Waals surface area (Å²) < 4.78 is 10.9. The van der Waals surface area contributed by atoms with E-state index in [4.69, 9.17) is 9.47 Å². The Balaban J connectivity index is 1.53. The molecular formula is C21H19NO4S. The van der Waals surface area contributed by atoms with Gasteiger partial charge >= 0.3 is 5.97 Å². The number of carbonyl (C=O) groups is 2. The molecule has 5 nitrogen and oxygen atoms in total. The average molecular weight is 381 g/mol. The summed E-state index contributed by atoms with van der Waals surface area (Å²) >= 11 is 1.37. The standard InChI is InChI=1S/C21H19NO4S/c1-14-5-3-6-15(2)20(14)25-13-19(23)26-17-10-8-16(9-11-17)22-21(24)18-7-4-12-27-18/h3-12H,13H2,1-2H3,(H,22,24). The molecule has 0 atom stereocenters. The zero-order valence-electron chi connectivity index (χ0n) is 15.0. The monoisotopic (exact) mass is 381 g/mol. The van der Waals surface area contributed by atoms with Crippen LogP contribution >= 0.6 is 11.3 Å². The number of hydrogen-bond acceptors (Lipinski definition) is 5. The lowest BCUT2D eigenvalue weighted by Crippen LogP contribution is -2.18. The molecule has 0 aliphatic carbocycles. The van der Waals surface area contributed by atoms with Crippen molar-refractivity contribution in [2.24, 2.45) is 0 Å². The fourth-order valence-electron chi connectivity index (χ4n) is 2.53. The first kappa shape index (κ1) is 18.7. The maximum Gasteiger partial charge on any atom is 0.349 e. The number of nitrogens with one attached hydrogen (secondary N) is 1. The van der Waals surface area contributed by atoms with Crippen molar-refractivity contribution in [1.82, 2.24) is 0 Å². The van der Waals surface area contributed by atoms with Crippen LogP contribution < -0.4 is 14.8 Å². The average Bonchev–Trinajstić information content (AvgIpc) is 3.18. The van der Waals surface area contributed by atoms with Crippen molar-refractivity contribution in [3.63, 3.8) is 0 Å². The molecule has 0 saturated carbocycles. The van der Waals surface area contributed by atoms with E-state index in [-0.39, 0.29) is 12.5 Å². The lowest BCUT2D eigenvalue weighted by Gasteiger charge is -2.11. The topological polar surface area (TPSA) is 64.6 Å². The van der Waals surface area contributed by atoms with Gasteiger partial charge in [-0.25, -0.2) is 4.79 Å². The number of esters is 1. The number of aryl methyl sites for hydroxylation is 2. The van der Waals surface area contributed by atoms with Gasteiger partial charge in [0, 0.05) is 5.69 Å². The van der Waals surface area contributed by atoms with Gasteiger partial charge in [-0.1, -0.05) is 24.3 Å². The second kappa shape index (κ2) is 8.51. The summed E-state index contributed by atoms with van der Waals surface area (Å²) in [6.07, 6.45) is 0. The van der Waals surface area contributed by atoms with Crippen LogP contribution in [0.3, 0.4) is 0 Å². The molecule has 3 aromatic rings. The second-order valence-corrected chi connectivity index (χ2v) is 6.89. The fraction of sp³-hybridized carbons (Fsp3) is 0.143. The van der Waals surface area contributed by atoms with Gasteiger partial charge in [-0.05, 0) is 60.7 Å². The van der Waals surface area contributed by atoms with E-state index < -0.39 is 5.97 Å². The van der Waals surface area contributed by atoms with Crippen molar-refractivity contribution in [2.75, 3.05) is 11.9 Å². The first-order valence-electron chi connectivity index (χ1n) is 8.37. The molecule has 1 heterocycles. The minimum Gasteiger partial charge on any atom is -0.481 e. The lowest BCUT2D eigenvalue weighted by atomic mass is 10.1. The van der Waals surface area contributed by atoms with Crippen molar-refractivity contribution in [2.45, 2.75) is 13.8 Å². The van der Waals surface area contributed by atoms with E-state index in [1.807, 2.05) is 43.5 Å². The molecule has 0 aliphatic rings. The number of rotatable bonds is 6. The van der Waals surface area contributed by atoms with Crippen LogP contribution in [-0.2, 0) is 4.79 Å². The molecule has 0 bridgehead atoms. The van der Waals surface area contributed by atoms with Crippen LogP contribution in [0.5, 0.6) is 11.5 Å². The smallest absolute Gasteiger partial charge is 0.349 e. The Morgan fingerprint density at radius 3 is 2.30 bits per heavy atom. The van der Waals surface area contributed by atoms with Gasteiger partial charge in [0.15, 0.2) is 6.61 Å². The fourth-order valence-corrected chi connectivity index (χ4v) is 3.14. The minimum absolute atomic E-state index is 0.170. The molecule has 0 saturated heterocycles. The van der Waals surface area contributed by atoms with E-state index in [1.165, 1.54) is 11.3 Å². The van der Waals surface area contributed by atoms with Gasteiger partial charge in [0.25, 0.3) is 5.91 Å². The number of anilines is 1. The first-order valence-corrected chi connectivity index (χ1v) is 9.25. The molecule has 0 unspecified atom stereocenters. The summed E-state index contributed by atoms with van der Waals surface area (Å²) in [6.45, 7) is 3.68. The molecule has 0 spiro atoms. The van der Waals surface area contributed by atoms with E-state index in [2.05, 4.69) is 5.32 Å². The van der Waals surface area contributed by atoms with Crippen LogP contribution in [0.25, 0.3) is 0 Å². The number of benzene rings is 2. The predicted molar refractivity (Wildman–Crippen MR) is 106 cm³/mol. The third-order valence-electron chi connectivity index (χ3n) is 3.83. The Morgan fingerprint density at radius 1 is 0.963 bits per heavy atom. The van der Waals surface area contributed by atoms with Crippen molar-refractivity contribution < 1.29 is 19.1 Å². The van der Waals surface area contributed by atoms with E-state index in [9.17, 15) is 9.59 Å². The van der Waals surface area contributed by atoms with Crippen molar-refractivity contribution in [1.29, 1.82) is 0 Å². The highest BCUT2D eigenvalue weighted by Gasteiger charge is 2.10. The van der Waals surface area contributed by atoms with Gasteiger partial charge in [0.2, 0.25) is 0 Å². The van der Waals surface area contributed by atoms with Gasteiger partial charge in [-0.3, -0.25) is 4.79 Å². The number of para-hydroxylation sites is 1. The third kappa shape index (κ3) is 4.95. The molecule has 2 aromatic carbocycles. The minimum atomic E-state index is -0.493. The number of ether oxygens (including phenoxy) is 2. The van der Waals surface area contributed by atoms with Gasteiger partial charge in [-0.15, -0.1) is 11.3 Å². The van der Waals surface area contributed by atoms with E-state index in [0.717, 1.165) is 11.1 Å². The maximum atomic E-state index is 12.0. The molecular weight excluding hydrogens is 362 g/mol. The van der Waals surface area contributed by atoms with Crippen LogP contribution in [0.2, 0.25) is 0 Å². The van der Waals surface area contributed by atoms with Crippen LogP contribution in [0.4, 0.5) is 5.69 Å². The summed E-state index contributed by atoms with van der Waals surface area (Å²) in [7, 11) is 0. The summed E-state index contributed by atoms with van der Waals surface area (Å²) in [6, 6.07) is 16.0. The quantitative estimate of drug-likeness (QED) is 0.501. The van der Waals surface area contributed by atoms with E-state index >= 15 is 0 Å². The van der Waals surface area contributed by atoms with Crippen LogP contribution in [-0.4, -0.2) is 18.5 Å². The molecule has 27 heavy (non-hydrogen) atoms. The van der Waals surface area contributed by atoms with E-state index in [1.54, 1.807) is 30.3 Å². The van der Waals surface area contributed by atoms with Gasteiger partial charge in [0.1, 0.15) is 11.5 Å². The molecule has 1 amide bonds. The Labute approximate surface area is 161 Å². The molecule has 0 aliphatic heterocycles. The lowest BCUT2D eigenvalue weighted by molar-refractivity contribution is -0.136. The first-order chi connectivity index (χ1) is 13.0. The maximum absolute atomic E-state index is 12.0. The molecule has 6 heteroatoms. The van der Waals surface area contributed by atoms with Crippen molar-refractivity contribution in [3.8, 4) is 11.5 Å². The molecule has 0 fully saturated rings. The zero-order chi connectivity index (χ0) is 19.2. The van der Waals surface area contributed by atoms with E-state index in [0.29, 0.717) is 22.1 Å². The summed E-state index contributed by atoms with van der Waals surface area (Å²) in [4.78, 5) is 24.7. The van der Waals surface area contributed by atoms with Gasteiger partial charge in [0.05, 0.1) is 4.88 Å². The highest BCUT2D eigenvalue weighted by molar-refractivity contribution is 7.12. The van der Waals surface area contributed by atoms with Crippen molar-refractivity contribution >= 4 is 28.9 Å². The highest BCUT2D eigenvalue weighted by Crippen LogP contribution is 2.22. The number of thiophene rings is 1. The van der Waals surface area contributed by atoms with Crippen LogP contribution in [0.15, 0.2) is 60.0 Å². The van der Waals surface area contributed by atoms with Crippen molar-refractivity contribution in [3.05, 3.63) is 76.0 Å². The largest absolute Gasteiger partial charge is 0.481 e. The number of amides is 1. The Kier molecular flexibility index (Phi) is 5.88. The Bertz CT molecular complexity index is 913. The highest BCUT2D eigenvalue weighted by atomic mass is 32.1. The molecule has 138 valence electrons. The number of carbonyl (C=O) groups excluding carboxylic acids is 2. The normalized spacial score (nSPS) is 10.3. The molecule has 0 radical (unpaired) electrons. The number of hydrogen-bond donors (Lipinski definition) is 1. The molecule has 3 rings (SSSR count). The zero-order valence-corrected chi connectivity index (χ0v) is 15.8. The summed E-state index contributed by atoms with van der Waals surface area (Å²) in [5.74, 6) is 0.421. The van der Waals surface area contributed by atoms with Crippen LogP contribution in [0, 0.1) is 13.8 Å². The van der Waals surface area contributed by atoms with Gasteiger partial charge < -0.3 is 14.8 Å². The second-order valence-electron chi connectivity index (χ2n) is 5.94. The Morgan fingerprint density at radius 2 is 1.67 bits per heavy atom. The summed E-state index contributed by atoms with van der Waals surface area (Å²) in [5, 5.41) is 4.64.